The summed E-state index contributed by atoms with van der Waals surface area (Å²) in [6.07, 6.45) is 0. The summed E-state index contributed by atoms with van der Waals surface area (Å²) >= 11 is 7.28. The zero-order chi connectivity index (χ0) is 15.4. The number of anilines is 1. The minimum atomic E-state index is -0.483. The van der Waals surface area contributed by atoms with Gasteiger partial charge in [-0.1, -0.05) is 11.6 Å². The van der Waals surface area contributed by atoms with E-state index in [0.717, 1.165) is 9.75 Å². The zero-order valence-electron chi connectivity index (χ0n) is 11.6. The van der Waals surface area contributed by atoms with E-state index in [2.05, 4.69) is 5.32 Å². The molecule has 0 atom stereocenters. The molecule has 0 spiro atoms. The number of carbonyl (C=O) groups excluding carboxylic acids is 2. The number of benzene rings is 1. The van der Waals surface area contributed by atoms with Crippen LogP contribution < -0.4 is 5.32 Å². The first-order valence-corrected chi connectivity index (χ1v) is 7.45. The highest BCUT2D eigenvalue weighted by Gasteiger charge is 2.15. The molecule has 0 unspecified atom stereocenters. The van der Waals surface area contributed by atoms with Gasteiger partial charge in [-0.3, -0.25) is 4.79 Å². The summed E-state index contributed by atoms with van der Waals surface area (Å²) in [5.74, 6) is -0.876. The van der Waals surface area contributed by atoms with E-state index in [1.165, 1.54) is 11.3 Å². The lowest BCUT2D eigenvalue weighted by molar-refractivity contribution is -0.119. The van der Waals surface area contributed by atoms with Crippen molar-refractivity contribution in [1.82, 2.24) is 0 Å². The zero-order valence-corrected chi connectivity index (χ0v) is 13.2. The summed E-state index contributed by atoms with van der Waals surface area (Å²) in [7, 11) is 0. The number of aryl methyl sites for hydroxylation is 2. The van der Waals surface area contributed by atoms with Gasteiger partial charge >= 0.3 is 5.97 Å². The lowest BCUT2D eigenvalue weighted by Gasteiger charge is -2.06. The highest BCUT2D eigenvalue weighted by molar-refractivity contribution is 7.12. The fourth-order valence-corrected chi connectivity index (χ4v) is 2.81. The molecule has 0 aliphatic carbocycles. The highest BCUT2D eigenvalue weighted by atomic mass is 35.5. The molecule has 0 aliphatic rings. The Morgan fingerprint density at radius 2 is 1.90 bits per heavy atom. The third-order valence-electron chi connectivity index (χ3n) is 2.72. The van der Waals surface area contributed by atoms with Gasteiger partial charge in [-0.15, -0.1) is 11.3 Å². The number of halogens is 1. The van der Waals surface area contributed by atoms with Gasteiger partial charge in [0.1, 0.15) is 0 Å². The fourth-order valence-electron chi connectivity index (χ4n) is 1.77. The van der Waals surface area contributed by atoms with Crippen LogP contribution in [0.3, 0.4) is 0 Å². The molecular weight excluding hydrogens is 310 g/mol. The largest absolute Gasteiger partial charge is 0.452 e. The van der Waals surface area contributed by atoms with Crippen LogP contribution in [-0.4, -0.2) is 18.5 Å². The summed E-state index contributed by atoms with van der Waals surface area (Å²) in [5.41, 5.74) is 1.11. The van der Waals surface area contributed by atoms with Crippen LogP contribution in [0.25, 0.3) is 0 Å². The van der Waals surface area contributed by atoms with Crippen molar-refractivity contribution in [3.63, 3.8) is 0 Å². The summed E-state index contributed by atoms with van der Waals surface area (Å²) in [6.45, 7) is 3.44. The average molecular weight is 324 g/mol. The van der Waals surface area contributed by atoms with Crippen molar-refractivity contribution in [2.24, 2.45) is 0 Å². The van der Waals surface area contributed by atoms with Gasteiger partial charge in [0.05, 0.1) is 5.56 Å². The fraction of sp³-hybridized carbons (Fsp3) is 0.200. The summed E-state index contributed by atoms with van der Waals surface area (Å²) in [5, 5.41) is 3.21. The van der Waals surface area contributed by atoms with Crippen LogP contribution in [0.4, 0.5) is 5.69 Å². The third-order valence-corrected chi connectivity index (χ3v) is 3.94. The van der Waals surface area contributed by atoms with Gasteiger partial charge < -0.3 is 10.1 Å². The quantitative estimate of drug-likeness (QED) is 0.870. The lowest BCUT2D eigenvalue weighted by atomic mass is 10.2. The Morgan fingerprint density at radius 3 is 2.48 bits per heavy atom. The van der Waals surface area contributed by atoms with Crippen LogP contribution in [0.15, 0.2) is 30.3 Å². The summed E-state index contributed by atoms with van der Waals surface area (Å²) in [6, 6.07) is 8.45. The van der Waals surface area contributed by atoms with Crippen LogP contribution >= 0.6 is 22.9 Å². The van der Waals surface area contributed by atoms with Crippen molar-refractivity contribution in [1.29, 1.82) is 0 Å². The van der Waals surface area contributed by atoms with Gasteiger partial charge in [0, 0.05) is 20.5 Å². The maximum absolute atomic E-state index is 11.9. The normalized spacial score (nSPS) is 10.2. The molecule has 0 saturated heterocycles. The van der Waals surface area contributed by atoms with E-state index < -0.39 is 11.9 Å². The minimum absolute atomic E-state index is 0.324. The molecule has 0 aliphatic heterocycles. The second kappa shape index (κ2) is 6.74. The van der Waals surface area contributed by atoms with E-state index in [-0.39, 0.29) is 6.61 Å². The van der Waals surface area contributed by atoms with E-state index in [0.29, 0.717) is 16.3 Å². The average Bonchev–Trinajstić information content (AvgIpc) is 2.78. The molecule has 2 aromatic rings. The van der Waals surface area contributed by atoms with Crippen LogP contribution in [0, 0.1) is 13.8 Å². The number of thiophene rings is 1. The topological polar surface area (TPSA) is 55.4 Å². The molecule has 4 nitrogen and oxygen atoms in total. The number of amides is 1. The Bertz CT molecular complexity index is 664. The van der Waals surface area contributed by atoms with E-state index in [9.17, 15) is 9.59 Å². The Balaban J connectivity index is 1.88. The second-order valence-electron chi connectivity index (χ2n) is 4.46. The Labute approximate surface area is 131 Å². The van der Waals surface area contributed by atoms with Gasteiger partial charge in [-0.05, 0) is 44.2 Å². The SMILES string of the molecule is Cc1cc(C(=O)OCC(=O)Nc2ccc(Cl)cc2)c(C)s1. The molecule has 0 saturated carbocycles. The van der Waals surface area contributed by atoms with E-state index >= 15 is 0 Å². The molecule has 0 fully saturated rings. The smallest absolute Gasteiger partial charge is 0.339 e. The Kier molecular flexibility index (Phi) is 4.98. The summed E-state index contributed by atoms with van der Waals surface area (Å²) in [4.78, 5) is 25.5. The molecule has 0 radical (unpaired) electrons. The Morgan fingerprint density at radius 1 is 1.24 bits per heavy atom. The van der Waals surface area contributed by atoms with Gasteiger partial charge in [0.15, 0.2) is 6.61 Å². The van der Waals surface area contributed by atoms with Crippen LogP contribution in [-0.2, 0) is 9.53 Å². The first-order valence-electron chi connectivity index (χ1n) is 6.25. The first-order chi connectivity index (χ1) is 9.95. The molecule has 21 heavy (non-hydrogen) atoms. The number of nitrogens with one attached hydrogen (secondary N) is 1. The molecule has 1 N–H and O–H groups in total. The molecule has 0 bridgehead atoms. The predicted molar refractivity (Wildman–Crippen MR) is 84.2 cm³/mol. The van der Waals surface area contributed by atoms with Crippen molar-refractivity contribution >= 4 is 40.5 Å². The number of esters is 1. The second-order valence-corrected chi connectivity index (χ2v) is 6.35. The molecule has 6 heteroatoms. The highest BCUT2D eigenvalue weighted by Crippen LogP contribution is 2.21. The number of carbonyl (C=O) groups is 2. The number of rotatable bonds is 4. The molecular formula is C15H14ClNO3S. The predicted octanol–water partition coefficient (Wildman–Crippen LogP) is 3.81. The van der Waals surface area contributed by atoms with Crippen molar-refractivity contribution < 1.29 is 14.3 Å². The van der Waals surface area contributed by atoms with E-state index in [1.54, 1.807) is 30.3 Å². The maximum Gasteiger partial charge on any atom is 0.339 e. The van der Waals surface area contributed by atoms with Crippen molar-refractivity contribution in [3.05, 3.63) is 50.7 Å². The van der Waals surface area contributed by atoms with Crippen LogP contribution in [0.1, 0.15) is 20.1 Å². The van der Waals surface area contributed by atoms with Crippen molar-refractivity contribution in [2.45, 2.75) is 13.8 Å². The molecule has 1 heterocycles. The molecule has 1 amide bonds. The van der Waals surface area contributed by atoms with Gasteiger partial charge in [0.25, 0.3) is 5.91 Å². The maximum atomic E-state index is 11.9. The van der Waals surface area contributed by atoms with Gasteiger partial charge in [-0.2, -0.15) is 0 Å². The Hall–Kier alpha value is -1.85. The van der Waals surface area contributed by atoms with Crippen LogP contribution in [0.5, 0.6) is 0 Å². The van der Waals surface area contributed by atoms with E-state index in [4.69, 9.17) is 16.3 Å². The van der Waals surface area contributed by atoms with E-state index in [1.807, 2.05) is 13.8 Å². The van der Waals surface area contributed by atoms with Crippen LogP contribution in [0.2, 0.25) is 5.02 Å². The molecule has 2 rings (SSSR count). The third kappa shape index (κ3) is 4.31. The lowest BCUT2D eigenvalue weighted by Crippen LogP contribution is -2.20. The number of ether oxygens (including phenoxy) is 1. The minimum Gasteiger partial charge on any atom is -0.452 e. The molecule has 1 aromatic heterocycles. The molecule has 110 valence electrons. The van der Waals surface area contributed by atoms with Crippen molar-refractivity contribution in [2.75, 3.05) is 11.9 Å². The standard InChI is InChI=1S/C15H14ClNO3S/c1-9-7-13(10(2)21-9)15(19)20-8-14(18)17-12-5-3-11(16)4-6-12/h3-7H,8H2,1-2H3,(H,17,18). The van der Waals surface area contributed by atoms with Gasteiger partial charge in [0.2, 0.25) is 0 Å². The number of hydrogen-bond acceptors (Lipinski definition) is 4. The molecule has 1 aromatic carbocycles. The first kappa shape index (κ1) is 15.5. The number of hydrogen-bond donors (Lipinski definition) is 1. The van der Waals surface area contributed by atoms with Gasteiger partial charge in [-0.25, -0.2) is 4.79 Å². The summed E-state index contributed by atoms with van der Waals surface area (Å²) < 4.78 is 5.01. The van der Waals surface area contributed by atoms with Crippen molar-refractivity contribution in [3.8, 4) is 0 Å². The monoisotopic (exact) mass is 323 g/mol.